The van der Waals surface area contributed by atoms with E-state index < -0.39 is 6.10 Å². The molecule has 14 heavy (non-hydrogen) atoms. The Hall–Kier alpha value is -0.540. The van der Waals surface area contributed by atoms with Crippen LogP contribution in [0.25, 0.3) is 0 Å². The van der Waals surface area contributed by atoms with Crippen LogP contribution in [-0.4, -0.2) is 11.2 Å². The summed E-state index contributed by atoms with van der Waals surface area (Å²) >= 11 is 3.38. The lowest BCUT2D eigenvalue weighted by Gasteiger charge is -2.13. The van der Waals surface area contributed by atoms with Gasteiger partial charge in [-0.05, 0) is 38.0 Å². The SMILES string of the molecule is C[C@@H](O)c1cc(Br)ccc1OC1CC1. The Morgan fingerprint density at radius 2 is 2.21 bits per heavy atom. The van der Waals surface area contributed by atoms with Gasteiger partial charge in [0.2, 0.25) is 0 Å². The number of hydrogen-bond donors (Lipinski definition) is 1. The van der Waals surface area contributed by atoms with Crippen LogP contribution in [0, 0.1) is 0 Å². The first-order chi connectivity index (χ1) is 6.66. The molecule has 3 heteroatoms. The number of aliphatic hydroxyl groups excluding tert-OH is 1. The van der Waals surface area contributed by atoms with E-state index >= 15 is 0 Å². The molecular weight excluding hydrogens is 244 g/mol. The minimum absolute atomic E-state index is 0.369. The summed E-state index contributed by atoms with van der Waals surface area (Å²) in [6.07, 6.45) is 2.15. The quantitative estimate of drug-likeness (QED) is 0.901. The van der Waals surface area contributed by atoms with E-state index in [9.17, 15) is 5.11 Å². The number of rotatable bonds is 3. The van der Waals surface area contributed by atoms with Gasteiger partial charge in [-0.1, -0.05) is 15.9 Å². The van der Waals surface area contributed by atoms with Gasteiger partial charge in [0.1, 0.15) is 5.75 Å². The summed E-state index contributed by atoms with van der Waals surface area (Å²) in [6, 6.07) is 5.75. The third-order valence-corrected chi connectivity index (χ3v) is 2.73. The van der Waals surface area contributed by atoms with Crippen LogP contribution in [0.1, 0.15) is 31.4 Å². The Morgan fingerprint density at radius 1 is 1.50 bits per heavy atom. The lowest BCUT2D eigenvalue weighted by atomic mass is 10.1. The zero-order valence-electron chi connectivity index (χ0n) is 8.03. The molecule has 1 aliphatic rings. The smallest absolute Gasteiger partial charge is 0.125 e. The number of hydrogen-bond acceptors (Lipinski definition) is 2. The average molecular weight is 257 g/mol. The monoisotopic (exact) mass is 256 g/mol. The Balaban J connectivity index is 2.26. The van der Waals surface area contributed by atoms with E-state index in [-0.39, 0.29) is 0 Å². The van der Waals surface area contributed by atoms with Gasteiger partial charge in [0.15, 0.2) is 0 Å². The van der Waals surface area contributed by atoms with Crippen LogP contribution < -0.4 is 4.74 Å². The molecule has 0 heterocycles. The van der Waals surface area contributed by atoms with Gasteiger partial charge in [0, 0.05) is 10.0 Å². The van der Waals surface area contributed by atoms with E-state index in [4.69, 9.17) is 4.74 Å². The number of halogens is 1. The molecule has 1 N–H and O–H groups in total. The molecule has 1 fully saturated rings. The molecule has 0 unspecified atom stereocenters. The molecule has 0 spiro atoms. The molecule has 1 atom stereocenters. The highest BCUT2D eigenvalue weighted by Crippen LogP contribution is 2.33. The fourth-order valence-corrected chi connectivity index (χ4v) is 1.70. The summed E-state index contributed by atoms with van der Waals surface area (Å²) in [7, 11) is 0. The number of ether oxygens (including phenoxy) is 1. The van der Waals surface area contributed by atoms with Gasteiger partial charge >= 0.3 is 0 Å². The topological polar surface area (TPSA) is 29.5 Å². The third-order valence-electron chi connectivity index (χ3n) is 2.24. The van der Waals surface area contributed by atoms with E-state index in [1.807, 2.05) is 18.2 Å². The van der Waals surface area contributed by atoms with Crippen LogP contribution >= 0.6 is 15.9 Å². The molecule has 0 aromatic heterocycles. The zero-order valence-corrected chi connectivity index (χ0v) is 9.62. The van der Waals surface area contributed by atoms with Crippen molar-refractivity contribution in [2.45, 2.75) is 32.0 Å². The summed E-state index contributed by atoms with van der Waals surface area (Å²) in [5, 5.41) is 9.56. The van der Waals surface area contributed by atoms with Gasteiger partial charge < -0.3 is 9.84 Å². The molecule has 1 aliphatic carbocycles. The van der Waals surface area contributed by atoms with Crippen LogP contribution in [0.3, 0.4) is 0 Å². The molecule has 0 bridgehead atoms. The second-order valence-electron chi connectivity index (χ2n) is 3.68. The van der Waals surface area contributed by atoms with Gasteiger partial charge in [-0.25, -0.2) is 0 Å². The van der Waals surface area contributed by atoms with E-state index in [2.05, 4.69) is 15.9 Å². The number of aliphatic hydroxyl groups is 1. The minimum Gasteiger partial charge on any atom is -0.490 e. The van der Waals surface area contributed by atoms with Gasteiger partial charge in [0.05, 0.1) is 12.2 Å². The van der Waals surface area contributed by atoms with Crippen molar-refractivity contribution in [2.75, 3.05) is 0 Å². The first-order valence-electron chi connectivity index (χ1n) is 4.81. The van der Waals surface area contributed by atoms with Crippen LogP contribution in [0.15, 0.2) is 22.7 Å². The Morgan fingerprint density at radius 3 is 2.79 bits per heavy atom. The summed E-state index contributed by atoms with van der Waals surface area (Å²) < 4.78 is 6.66. The lowest BCUT2D eigenvalue weighted by molar-refractivity contribution is 0.190. The van der Waals surface area contributed by atoms with E-state index in [0.717, 1.165) is 28.6 Å². The number of benzene rings is 1. The average Bonchev–Trinajstić information content (AvgIpc) is 2.91. The lowest BCUT2D eigenvalue weighted by Crippen LogP contribution is -2.01. The van der Waals surface area contributed by atoms with Crippen molar-refractivity contribution < 1.29 is 9.84 Å². The van der Waals surface area contributed by atoms with Crippen molar-refractivity contribution in [3.05, 3.63) is 28.2 Å². The molecule has 1 aromatic rings. The highest BCUT2D eigenvalue weighted by Gasteiger charge is 2.25. The highest BCUT2D eigenvalue weighted by atomic mass is 79.9. The molecule has 0 radical (unpaired) electrons. The van der Waals surface area contributed by atoms with Crippen molar-refractivity contribution in [2.24, 2.45) is 0 Å². The van der Waals surface area contributed by atoms with Gasteiger partial charge in [-0.2, -0.15) is 0 Å². The summed E-state index contributed by atoms with van der Waals surface area (Å²) in [5.74, 6) is 0.811. The second-order valence-corrected chi connectivity index (χ2v) is 4.59. The van der Waals surface area contributed by atoms with E-state index in [1.54, 1.807) is 6.92 Å². The van der Waals surface area contributed by atoms with Crippen molar-refractivity contribution in [1.29, 1.82) is 0 Å². The second kappa shape index (κ2) is 3.91. The van der Waals surface area contributed by atoms with Crippen molar-refractivity contribution in [3.8, 4) is 5.75 Å². The molecule has 1 saturated carbocycles. The Labute approximate surface area is 92.0 Å². The van der Waals surface area contributed by atoms with Crippen molar-refractivity contribution in [1.82, 2.24) is 0 Å². The van der Waals surface area contributed by atoms with Crippen LogP contribution in [-0.2, 0) is 0 Å². The fraction of sp³-hybridized carbons (Fsp3) is 0.455. The summed E-state index contributed by atoms with van der Waals surface area (Å²) in [5.41, 5.74) is 0.853. The largest absolute Gasteiger partial charge is 0.490 e. The third kappa shape index (κ3) is 2.28. The van der Waals surface area contributed by atoms with Crippen LogP contribution in [0.4, 0.5) is 0 Å². The van der Waals surface area contributed by atoms with Crippen molar-refractivity contribution >= 4 is 15.9 Å². The molecular formula is C11H13BrO2. The minimum atomic E-state index is -0.485. The molecule has 2 nitrogen and oxygen atoms in total. The summed E-state index contributed by atoms with van der Waals surface area (Å²) in [4.78, 5) is 0. The maximum Gasteiger partial charge on any atom is 0.125 e. The van der Waals surface area contributed by atoms with E-state index in [1.165, 1.54) is 0 Å². The van der Waals surface area contributed by atoms with Gasteiger partial charge in [-0.15, -0.1) is 0 Å². The molecule has 1 aromatic carbocycles. The fourth-order valence-electron chi connectivity index (χ4n) is 1.32. The van der Waals surface area contributed by atoms with Gasteiger partial charge in [-0.3, -0.25) is 0 Å². The maximum absolute atomic E-state index is 9.56. The Kier molecular flexibility index (Phi) is 2.79. The predicted octanol–water partition coefficient (Wildman–Crippen LogP) is 3.04. The normalized spacial score (nSPS) is 17.9. The maximum atomic E-state index is 9.56. The molecule has 76 valence electrons. The molecule has 0 saturated heterocycles. The first kappa shape index (κ1) is 9.99. The molecule has 0 amide bonds. The van der Waals surface area contributed by atoms with Crippen LogP contribution in [0.5, 0.6) is 5.75 Å². The van der Waals surface area contributed by atoms with E-state index in [0.29, 0.717) is 6.10 Å². The standard InChI is InChI=1S/C11H13BrO2/c1-7(13)10-6-8(12)2-5-11(10)14-9-3-4-9/h2,5-7,9,13H,3-4H2,1H3/t7-/m1/s1. The molecule has 2 rings (SSSR count). The summed E-state index contributed by atoms with van der Waals surface area (Å²) in [6.45, 7) is 1.75. The Bertz CT molecular complexity index is 332. The zero-order chi connectivity index (χ0) is 10.1. The van der Waals surface area contributed by atoms with Crippen LogP contribution in [0.2, 0.25) is 0 Å². The first-order valence-corrected chi connectivity index (χ1v) is 5.60. The molecule has 0 aliphatic heterocycles. The highest BCUT2D eigenvalue weighted by molar-refractivity contribution is 9.10. The van der Waals surface area contributed by atoms with Gasteiger partial charge in [0.25, 0.3) is 0 Å². The predicted molar refractivity (Wildman–Crippen MR) is 58.4 cm³/mol. The van der Waals surface area contributed by atoms with Crippen molar-refractivity contribution in [3.63, 3.8) is 0 Å².